The van der Waals surface area contributed by atoms with Crippen LogP contribution in [0.5, 0.6) is 5.75 Å². The minimum absolute atomic E-state index is 0.0368. The lowest BCUT2D eigenvalue weighted by molar-refractivity contribution is 0.0985. The number of hydrogen-bond acceptors (Lipinski definition) is 3. The summed E-state index contributed by atoms with van der Waals surface area (Å²) >= 11 is 0. The zero-order chi connectivity index (χ0) is 15.5. The summed E-state index contributed by atoms with van der Waals surface area (Å²) in [6.45, 7) is 0.0368. The zero-order valence-corrected chi connectivity index (χ0v) is 11.9. The molecule has 0 atom stereocenters. The van der Waals surface area contributed by atoms with Gasteiger partial charge in [-0.25, -0.2) is 0 Å². The molecule has 0 aliphatic rings. The third-order valence-electron chi connectivity index (χ3n) is 3.59. The van der Waals surface area contributed by atoms with Gasteiger partial charge in [-0.15, -0.1) is 0 Å². The van der Waals surface area contributed by atoms with Crippen molar-refractivity contribution in [2.24, 2.45) is 5.73 Å². The number of aromatic hydroxyl groups is 1. The van der Waals surface area contributed by atoms with E-state index in [0.717, 1.165) is 10.8 Å². The molecule has 0 aliphatic carbocycles. The summed E-state index contributed by atoms with van der Waals surface area (Å²) in [5.74, 6) is -0.366. The fraction of sp³-hybridized carbons (Fsp3) is 0.0556. The number of fused-ring (bicyclic) bond motifs is 1. The Morgan fingerprint density at radius 1 is 0.955 bits per heavy atom. The molecule has 1 amide bonds. The highest BCUT2D eigenvalue weighted by Crippen LogP contribution is 2.27. The van der Waals surface area contributed by atoms with E-state index >= 15 is 0 Å². The highest BCUT2D eigenvalue weighted by atomic mass is 16.3. The summed E-state index contributed by atoms with van der Waals surface area (Å²) < 4.78 is 0. The number of amides is 1. The topological polar surface area (TPSA) is 66.6 Å². The molecular weight excluding hydrogens is 276 g/mol. The maximum atomic E-state index is 12.7. The van der Waals surface area contributed by atoms with E-state index in [4.69, 9.17) is 5.73 Å². The Labute approximate surface area is 128 Å². The van der Waals surface area contributed by atoms with Crippen molar-refractivity contribution >= 4 is 22.4 Å². The van der Waals surface area contributed by atoms with Crippen LogP contribution in [0, 0.1) is 0 Å². The first kappa shape index (κ1) is 14.1. The fourth-order valence-corrected chi connectivity index (χ4v) is 2.46. The average Bonchev–Trinajstić information content (AvgIpc) is 2.55. The van der Waals surface area contributed by atoms with E-state index in [1.54, 1.807) is 12.1 Å². The van der Waals surface area contributed by atoms with Crippen LogP contribution in [-0.4, -0.2) is 17.7 Å². The zero-order valence-electron chi connectivity index (χ0n) is 11.9. The Morgan fingerprint density at radius 2 is 1.55 bits per heavy atom. The standard InChI is InChI=1S/C18H16N2O2/c19-12-20(15-8-2-1-3-9-15)18(22)16-10-13-6-4-5-7-14(13)11-17(16)21/h1-11,21H,12,19H2. The first-order valence-corrected chi connectivity index (χ1v) is 6.99. The molecule has 0 unspecified atom stereocenters. The molecule has 0 radical (unpaired) electrons. The molecule has 4 nitrogen and oxygen atoms in total. The van der Waals surface area contributed by atoms with Crippen LogP contribution >= 0.6 is 0 Å². The van der Waals surface area contributed by atoms with Gasteiger partial charge in [0.05, 0.1) is 12.2 Å². The lowest BCUT2D eigenvalue weighted by atomic mass is 10.0. The lowest BCUT2D eigenvalue weighted by Crippen LogP contribution is -2.36. The smallest absolute Gasteiger partial charge is 0.263 e. The first-order chi connectivity index (χ1) is 10.7. The van der Waals surface area contributed by atoms with Crippen LogP contribution in [0.3, 0.4) is 0 Å². The number of nitrogens with zero attached hydrogens (tertiary/aromatic N) is 1. The normalized spacial score (nSPS) is 10.6. The molecule has 110 valence electrons. The van der Waals surface area contributed by atoms with Crippen LogP contribution < -0.4 is 10.6 Å². The summed E-state index contributed by atoms with van der Waals surface area (Å²) in [7, 11) is 0. The first-order valence-electron chi connectivity index (χ1n) is 6.99. The number of rotatable bonds is 3. The minimum Gasteiger partial charge on any atom is -0.507 e. The minimum atomic E-state index is -0.322. The molecule has 0 aromatic heterocycles. The Bertz CT molecular complexity index is 816. The van der Waals surface area contributed by atoms with Crippen LogP contribution in [0.15, 0.2) is 66.7 Å². The molecule has 3 N–H and O–H groups in total. The highest BCUT2D eigenvalue weighted by Gasteiger charge is 2.20. The summed E-state index contributed by atoms with van der Waals surface area (Å²) in [4.78, 5) is 14.2. The van der Waals surface area contributed by atoms with Gasteiger partial charge < -0.3 is 10.8 Å². The monoisotopic (exact) mass is 292 g/mol. The molecule has 0 saturated carbocycles. The number of phenolic OH excluding ortho intramolecular Hbond substituents is 1. The molecule has 0 saturated heterocycles. The third kappa shape index (κ3) is 2.52. The van der Waals surface area contributed by atoms with Crippen molar-refractivity contribution in [3.63, 3.8) is 0 Å². The van der Waals surface area contributed by atoms with Gasteiger partial charge in [-0.05, 0) is 35.0 Å². The molecule has 0 bridgehead atoms. The second-order valence-corrected chi connectivity index (χ2v) is 4.97. The molecule has 0 heterocycles. The van der Waals surface area contributed by atoms with Crippen molar-refractivity contribution in [1.29, 1.82) is 0 Å². The molecule has 22 heavy (non-hydrogen) atoms. The molecule has 3 aromatic rings. The van der Waals surface area contributed by atoms with E-state index < -0.39 is 0 Å². The van der Waals surface area contributed by atoms with Crippen LogP contribution in [0.1, 0.15) is 10.4 Å². The Hall–Kier alpha value is -2.85. The van der Waals surface area contributed by atoms with E-state index in [-0.39, 0.29) is 23.9 Å². The fourth-order valence-electron chi connectivity index (χ4n) is 2.46. The van der Waals surface area contributed by atoms with Gasteiger partial charge in [0.2, 0.25) is 0 Å². The largest absolute Gasteiger partial charge is 0.507 e. The summed E-state index contributed by atoms with van der Waals surface area (Å²) in [5, 5.41) is 12.0. The Kier molecular flexibility index (Phi) is 3.76. The molecule has 0 fully saturated rings. The second-order valence-electron chi connectivity index (χ2n) is 4.97. The highest BCUT2D eigenvalue weighted by molar-refractivity contribution is 6.10. The number of carbonyl (C=O) groups is 1. The number of anilines is 1. The molecule has 0 aliphatic heterocycles. The average molecular weight is 292 g/mol. The van der Waals surface area contributed by atoms with Crippen LogP contribution in [0.25, 0.3) is 10.8 Å². The SMILES string of the molecule is NCN(C(=O)c1cc2ccccc2cc1O)c1ccccc1. The number of para-hydroxylation sites is 1. The van der Waals surface area contributed by atoms with Gasteiger partial charge in [-0.2, -0.15) is 0 Å². The quantitative estimate of drug-likeness (QED) is 0.729. The van der Waals surface area contributed by atoms with Gasteiger partial charge in [-0.3, -0.25) is 9.69 Å². The molecular formula is C18H16N2O2. The van der Waals surface area contributed by atoms with Gasteiger partial charge in [0.25, 0.3) is 5.91 Å². The van der Waals surface area contributed by atoms with Crippen molar-refractivity contribution in [3.05, 3.63) is 72.3 Å². The van der Waals surface area contributed by atoms with Crippen molar-refractivity contribution in [1.82, 2.24) is 0 Å². The van der Waals surface area contributed by atoms with Crippen molar-refractivity contribution in [2.75, 3.05) is 11.6 Å². The van der Waals surface area contributed by atoms with Crippen molar-refractivity contribution in [2.45, 2.75) is 0 Å². The summed E-state index contributed by atoms with van der Waals surface area (Å²) in [6.07, 6.45) is 0. The molecule has 4 heteroatoms. The summed E-state index contributed by atoms with van der Waals surface area (Å²) in [5.41, 5.74) is 6.67. The third-order valence-corrected chi connectivity index (χ3v) is 3.59. The predicted molar refractivity (Wildman–Crippen MR) is 87.9 cm³/mol. The molecule has 0 spiro atoms. The number of hydrogen-bond donors (Lipinski definition) is 2. The maximum Gasteiger partial charge on any atom is 0.263 e. The van der Waals surface area contributed by atoms with Crippen LogP contribution in [-0.2, 0) is 0 Å². The Morgan fingerprint density at radius 3 is 2.18 bits per heavy atom. The number of carbonyl (C=O) groups excluding carboxylic acids is 1. The van der Waals surface area contributed by atoms with E-state index in [1.807, 2.05) is 54.6 Å². The number of nitrogens with two attached hydrogens (primary N) is 1. The lowest BCUT2D eigenvalue weighted by Gasteiger charge is -2.21. The number of phenols is 1. The number of benzene rings is 3. The Balaban J connectivity index is 2.05. The van der Waals surface area contributed by atoms with E-state index in [2.05, 4.69) is 0 Å². The van der Waals surface area contributed by atoms with Crippen molar-refractivity contribution < 1.29 is 9.90 Å². The molecule has 3 rings (SSSR count). The van der Waals surface area contributed by atoms with Gasteiger partial charge in [0.15, 0.2) is 0 Å². The van der Waals surface area contributed by atoms with Crippen LogP contribution in [0.2, 0.25) is 0 Å². The van der Waals surface area contributed by atoms with E-state index in [0.29, 0.717) is 5.69 Å². The predicted octanol–water partition coefficient (Wildman–Crippen LogP) is 3.11. The van der Waals surface area contributed by atoms with Gasteiger partial charge in [0.1, 0.15) is 5.75 Å². The van der Waals surface area contributed by atoms with Gasteiger partial charge in [-0.1, -0.05) is 42.5 Å². The molecule has 3 aromatic carbocycles. The summed E-state index contributed by atoms with van der Waals surface area (Å²) in [6, 6.07) is 20.0. The second kappa shape index (κ2) is 5.87. The van der Waals surface area contributed by atoms with E-state index in [1.165, 1.54) is 4.90 Å². The van der Waals surface area contributed by atoms with E-state index in [9.17, 15) is 9.90 Å². The van der Waals surface area contributed by atoms with Crippen molar-refractivity contribution in [3.8, 4) is 5.75 Å². The van der Waals surface area contributed by atoms with Gasteiger partial charge >= 0.3 is 0 Å². The maximum absolute atomic E-state index is 12.7. The van der Waals surface area contributed by atoms with Crippen LogP contribution in [0.4, 0.5) is 5.69 Å². The van der Waals surface area contributed by atoms with Gasteiger partial charge in [0, 0.05) is 5.69 Å².